The highest BCUT2D eigenvalue weighted by atomic mass is 35.5. The van der Waals surface area contributed by atoms with Crippen LogP contribution >= 0.6 is 23.2 Å². The molecule has 0 radical (unpaired) electrons. The molecule has 114 valence electrons. The minimum Gasteiger partial charge on any atom is -0.394 e. The van der Waals surface area contributed by atoms with Crippen molar-refractivity contribution >= 4 is 23.2 Å². The number of alkyl halides is 3. The molecule has 0 aliphatic heterocycles. The zero-order chi connectivity index (χ0) is 15.6. The summed E-state index contributed by atoms with van der Waals surface area (Å²) < 4.78 is 37.6. The van der Waals surface area contributed by atoms with Crippen LogP contribution in [0.15, 0.2) is 18.2 Å². The Bertz CT molecular complexity index is 467. The molecule has 8 heteroatoms. The zero-order valence-electron chi connectivity index (χ0n) is 10.5. The van der Waals surface area contributed by atoms with Crippen LogP contribution in [0.25, 0.3) is 0 Å². The molecule has 0 fully saturated rings. The number of benzene rings is 1. The summed E-state index contributed by atoms with van der Waals surface area (Å²) in [5.41, 5.74) is -2.55. The van der Waals surface area contributed by atoms with Gasteiger partial charge in [-0.3, -0.25) is 0 Å². The Kier molecular flexibility index (Phi) is 5.69. The summed E-state index contributed by atoms with van der Waals surface area (Å²) in [6.45, 7) is -0.632. The van der Waals surface area contributed by atoms with E-state index in [-0.39, 0.29) is 10.0 Å². The minimum absolute atomic E-state index is 0.146. The molecule has 20 heavy (non-hydrogen) atoms. The van der Waals surface area contributed by atoms with Crippen molar-refractivity contribution in [2.45, 2.75) is 24.7 Å². The van der Waals surface area contributed by atoms with Crippen LogP contribution in [0.3, 0.4) is 0 Å². The number of halogens is 5. The van der Waals surface area contributed by atoms with Gasteiger partial charge in [0.1, 0.15) is 0 Å². The van der Waals surface area contributed by atoms with E-state index in [0.29, 0.717) is 12.5 Å². The van der Waals surface area contributed by atoms with Crippen LogP contribution in [0.2, 0.25) is 10.0 Å². The van der Waals surface area contributed by atoms with Gasteiger partial charge in [-0.15, -0.1) is 0 Å². The maximum Gasteiger partial charge on any atom is 0.418 e. The molecule has 0 aliphatic carbocycles. The minimum atomic E-state index is -4.78. The lowest BCUT2D eigenvalue weighted by Crippen LogP contribution is -2.51. The van der Waals surface area contributed by atoms with Gasteiger partial charge in [0.25, 0.3) is 0 Å². The average Bonchev–Trinajstić information content (AvgIpc) is 2.33. The standard InChI is InChI=1S/C12H14Cl2F3NO2/c1-11(20,12(15,16)17)6-18-9(5-19)7-3-2-4-8(13)10(7)14/h2-4,9,18-20H,5-6H2,1H3. The number of hydrogen-bond donors (Lipinski definition) is 3. The van der Waals surface area contributed by atoms with Crippen LogP contribution < -0.4 is 5.32 Å². The van der Waals surface area contributed by atoms with Gasteiger partial charge in [-0.05, 0) is 18.6 Å². The van der Waals surface area contributed by atoms with Gasteiger partial charge in [0, 0.05) is 6.54 Å². The molecule has 0 spiro atoms. The normalized spacial score (nSPS) is 16.8. The van der Waals surface area contributed by atoms with Crippen LogP contribution in [0.5, 0.6) is 0 Å². The molecule has 0 saturated heterocycles. The second-order valence-electron chi connectivity index (χ2n) is 4.53. The molecule has 0 saturated carbocycles. The predicted molar refractivity (Wildman–Crippen MR) is 71.0 cm³/mol. The molecule has 2 unspecified atom stereocenters. The molecule has 0 aromatic heterocycles. The lowest BCUT2D eigenvalue weighted by Gasteiger charge is -2.29. The Hall–Kier alpha value is -0.530. The van der Waals surface area contributed by atoms with Crippen molar-refractivity contribution in [2.75, 3.05) is 13.2 Å². The summed E-state index contributed by atoms with van der Waals surface area (Å²) in [5, 5.41) is 21.4. The van der Waals surface area contributed by atoms with Crippen molar-refractivity contribution in [1.82, 2.24) is 5.32 Å². The van der Waals surface area contributed by atoms with Crippen LogP contribution in [-0.4, -0.2) is 35.1 Å². The van der Waals surface area contributed by atoms with Gasteiger partial charge < -0.3 is 15.5 Å². The highest BCUT2D eigenvalue weighted by Crippen LogP contribution is 2.32. The first-order valence-corrected chi connectivity index (χ1v) is 6.43. The van der Waals surface area contributed by atoms with Crippen molar-refractivity contribution < 1.29 is 23.4 Å². The van der Waals surface area contributed by atoms with Crippen LogP contribution in [-0.2, 0) is 0 Å². The monoisotopic (exact) mass is 331 g/mol. The average molecular weight is 332 g/mol. The largest absolute Gasteiger partial charge is 0.418 e. The van der Waals surface area contributed by atoms with E-state index in [9.17, 15) is 23.4 Å². The Labute approximate surface area is 124 Å². The number of hydrogen-bond acceptors (Lipinski definition) is 3. The third-order valence-corrected chi connectivity index (χ3v) is 3.68. The summed E-state index contributed by atoms with van der Waals surface area (Å²) in [5.74, 6) is 0. The number of rotatable bonds is 5. The SMILES string of the molecule is CC(O)(CNC(CO)c1cccc(Cl)c1Cl)C(F)(F)F. The second-order valence-corrected chi connectivity index (χ2v) is 5.32. The van der Waals surface area contributed by atoms with Crippen LogP contribution in [0.4, 0.5) is 13.2 Å². The Morgan fingerprint density at radius 1 is 1.30 bits per heavy atom. The lowest BCUT2D eigenvalue weighted by molar-refractivity contribution is -0.251. The topological polar surface area (TPSA) is 52.5 Å². The van der Waals surface area contributed by atoms with E-state index >= 15 is 0 Å². The summed E-state index contributed by atoms with van der Waals surface area (Å²) in [6, 6.07) is 3.75. The fourth-order valence-corrected chi connectivity index (χ4v) is 1.92. The maximum absolute atomic E-state index is 12.5. The molecule has 0 amide bonds. The first kappa shape index (κ1) is 17.5. The molecule has 1 aromatic rings. The van der Waals surface area contributed by atoms with Crippen molar-refractivity contribution in [3.05, 3.63) is 33.8 Å². The van der Waals surface area contributed by atoms with Gasteiger partial charge >= 0.3 is 6.18 Å². The second kappa shape index (κ2) is 6.49. The third kappa shape index (κ3) is 3.99. The molecule has 3 N–H and O–H groups in total. The van der Waals surface area contributed by atoms with Gasteiger partial charge in [0.05, 0.1) is 22.7 Å². The summed E-state index contributed by atoms with van der Waals surface area (Å²) in [4.78, 5) is 0. The number of aliphatic hydroxyl groups is 2. The zero-order valence-corrected chi connectivity index (χ0v) is 12.0. The Morgan fingerprint density at radius 3 is 2.40 bits per heavy atom. The first-order valence-electron chi connectivity index (χ1n) is 5.67. The van der Waals surface area contributed by atoms with Crippen molar-refractivity contribution in [1.29, 1.82) is 0 Å². The highest BCUT2D eigenvalue weighted by molar-refractivity contribution is 6.42. The molecule has 3 nitrogen and oxygen atoms in total. The fourth-order valence-electron chi connectivity index (χ4n) is 1.48. The lowest BCUT2D eigenvalue weighted by atomic mass is 10.0. The van der Waals surface area contributed by atoms with E-state index in [1.54, 1.807) is 6.07 Å². The molecular weight excluding hydrogens is 318 g/mol. The smallest absolute Gasteiger partial charge is 0.394 e. The maximum atomic E-state index is 12.5. The Balaban J connectivity index is 2.86. The van der Waals surface area contributed by atoms with Crippen molar-refractivity contribution in [3.63, 3.8) is 0 Å². The predicted octanol–water partition coefficient (Wildman–Crippen LogP) is 2.93. The van der Waals surface area contributed by atoms with Gasteiger partial charge in [-0.25, -0.2) is 0 Å². The molecule has 0 aliphatic rings. The third-order valence-electron chi connectivity index (χ3n) is 2.84. The fraction of sp³-hybridized carbons (Fsp3) is 0.500. The van der Waals surface area contributed by atoms with E-state index in [4.69, 9.17) is 23.2 Å². The van der Waals surface area contributed by atoms with E-state index in [1.807, 2.05) is 0 Å². The summed E-state index contributed by atoms with van der Waals surface area (Å²) in [7, 11) is 0. The first-order chi connectivity index (χ1) is 9.10. The van der Waals surface area contributed by atoms with Crippen molar-refractivity contribution in [2.24, 2.45) is 0 Å². The highest BCUT2D eigenvalue weighted by Gasteiger charge is 2.49. The number of aliphatic hydroxyl groups excluding tert-OH is 1. The van der Waals surface area contributed by atoms with Gasteiger partial charge in [-0.1, -0.05) is 35.3 Å². The van der Waals surface area contributed by atoms with Gasteiger partial charge in [0.15, 0.2) is 5.60 Å². The van der Waals surface area contributed by atoms with Crippen molar-refractivity contribution in [3.8, 4) is 0 Å². The quantitative estimate of drug-likeness (QED) is 0.777. The van der Waals surface area contributed by atoms with Gasteiger partial charge in [-0.2, -0.15) is 13.2 Å². The molecule has 0 heterocycles. The Morgan fingerprint density at radius 2 is 1.90 bits per heavy atom. The number of nitrogens with one attached hydrogen (secondary N) is 1. The van der Waals surface area contributed by atoms with E-state index in [2.05, 4.69) is 5.32 Å². The van der Waals surface area contributed by atoms with Crippen LogP contribution in [0.1, 0.15) is 18.5 Å². The van der Waals surface area contributed by atoms with Gasteiger partial charge in [0.2, 0.25) is 0 Å². The van der Waals surface area contributed by atoms with E-state index in [0.717, 1.165) is 0 Å². The van der Waals surface area contributed by atoms with E-state index < -0.39 is 31.0 Å². The molecule has 1 rings (SSSR count). The van der Waals surface area contributed by atoms with Crippen LogP contribution in [0, 0.1) is 0 Å². The molecule has 1 aromatic carbocycles. The summed E-state index contributed by atoms with van der Waals surface area (Å²) >= 11 is 11.7. The molecule has 0 bridgehead atoms. The van der Waals surface area contributed by atoms with E-state index in [1.165, 1.54) is 12.1 Å². The molecular formula is C12H14Cl2F3NO2. The summed E-state index contributed by atoms with van der Waals surface area (Å²) in [6.07, 6.45) is -4.78. The molecule has 2 atom stereocenters.